The van der Waals surface area contributed by atoms with E-state index in [1.165, 1.54) is 0 Å². The number of allylic oxidation sites excluding steroid dienone is 1. The topological polar surface area (TPSA) is 81.1 Å². The Balaban J connectivity index is 3.67. The molecule has 12 heavy (non-hydrogen) atoms. The Morgan fingerprint density at radius 1 is 1.67 bits per heavy atom. The molecule has 4 nitrogen and oxygen atoms in total. The van der Waals surface area contributed by atoms with Gasteiger partial charge in [-0.05, 0) is 26.3 Å². The normalized spacial score (nSPS) is 14.0. The molecule has 0 radical (unpaired) electrons. The van der Waals surface area contributed by atoms with Crippen LogP contribution >= 0.6 is 0 Å². The van der Waals surface area contributed by atoms with Crippen LogP contribution in [0.5, 0.6) is 0 Å². The minimum Gasteiger partial charge on any atom is -0.401 e. The average molecular weight is 171 g/mol. The molecular weight excluding hydrogens is 154 g/mol. The van der Waals surface area contributed by atoms with Crippen molar-refractivity contribution in [2.75, 3.05) is 6.54 Å². The maximum Gasteiger partial charge on any atom is 0.142 e. The van der Waals surface area contributed by atoms with E-state index in [0.717, 1.165) is 19.1 Å². The van der Waals surface area contributed by atoms with E-state index in [2.05, 4.69) is 5.32 Å². The second-order valence-corrected chi connectivity index (χ2v) is 2.73. The number of carbonyl (C=O) groups excluding carboxylic acids is 1. The van der Waals surface area contributed by atoms with E-state index < -0.39 is 0 Å². The average Bonchev–Trinajstić information content (AvgIpc) is 2.05. The summed E-state index contributed by atoms with van der Waals surface area (Å²) in [6.07, 6.45) is 4.10. The van der Waals surface area contributed by atoms with Gasteiger partial charge in [0, 0.05) is 11.9 Å². The molecule has 0 rings (SSSR count). The Labute approximate surface area is 73.0 Å². The first-order chi connectivity index (χ1) is 5.70. The third kappa shape index (κ3) is 5.73. The molecule has 5 N–H and O–H groups in total. The number of carbonyl (C=O) groups is 1. The molecule has 0 saturated heterocycles. The summed E-state index contributed by atoms with van der Waals surface area (Å²) in [7, 11) is 0. The van der Waals surface area contributed by atoms with Gasteiger partial charge >= 0.3 is 0 Å². The standard InChI is InChI=1S/C8H17N3O/c1-7(10)5-11-8(6-12)3-2-4-9/h5-6,8,11H,2-4,9-10H2,1H3/b7-5-/t8-/m0/s1. The van der Waals surface area contributed by atoms with Crippen LogP contribution in [0.4, 0.5) is 0 Å². The van der Waals surface area contributed by atoms with E-state index in [9.17, 15) is 4.79 Å². The van der Waals surface area contributed by atoms with Crippen LogP contribution in [0.1, 0.15) is 19.8 Å². The van der Waals surface area contributed by atoms with Crippen LogP contribution in [-0.4, -0.2) is 18.9 Å². The molecule has 4 heteroatoms. The Bertz CT molecular complexity index is 152. The lowest BCUT2D eigenvalue weighted by molar-refractivity contribution is -0.109. The van der Waals surface area contributed by atoms with Crippen LogP contribution in [0.2, 0.25) is 0 Å². The van der Waals surface area contributed by atoms with Gasteiger partial charge in [0.2, 0.25) is 0 Å². The molecule has 0 aromatic heterocycles. The van der Waals surface area contributed by atoms with Crippen LogP contribution < -0.4 is 16.8 Å². The number of rotatable bonds is 6. The van der Waals surface area contributed by atoms with Gasteiger partial charge in [0.15, 0.2) is 0 Å². The predicted molar refractivity (Wildman–Crippen MR) is 49.2 cm³/mol. The van der Waals surface area contributed by atoms with E-state index in [1.54, 1.807) is 13.1 Å². The zero-order valence-electron chi connectivity index (χ0n) is 7.42. The third-order valence-electron chi connectivity index (χ3n) is 1.41. The molecule has 0 saturated carbocycles. The molecule has 0 amide bonds. The zero-order valence-corrected chi connectivity index (χ0v) is 7.42. The van der Waals surface area contributed by atoms with Gasteiger partial charge in [-0.3, -0.25) is 0 Å². The predicted octanol–water partition coefficient (Wildman–Crippen LogP) is -0.298. The largest absolute Gasteiger partial charge is 0.401 e. The summed E-state index contributed by atoms with van der Waals surface area (Å²) in [6, 6.07) is -0.160. The molecule has 0 aliphatic heterocycles. The number of aldehydes is 1. The molecule has 0 fully saturated rings. The molecule has 70 valence electrons. The van der Waals surface area contributed by atoms with Crippen molar-refractivity contribution in [3.63, 3.8) is 0 Å². The van der Waals surface area contributed by atoms with Gasteiger partial charge in [-0.15, -0.1) is 0 Å². The highest BCUT2D eigenvalue weighted by Crippen LogP contribution is 1.92. The van der Waals surface area contributed by atoms with Crippen LogP contribution in [0.3, 0.4) is 0 Å². The molecule has 0 aliphatic carbocycles. The quantitative estimate of drug-likeness (QED) is 0.479. The van der Waals surface area contributed by atoms with E-state index >= 15 is 0 Å². The highest BCUT2D eigenvalue weighted by atomic mass is 16.1. The molecule has 0 aromatic rings. The molecule has 0 aliphatic rings. The molecule has 0 bridgehead atoms. The summed E-state index contributed by atoms with van der Waals surface area (Å²) in [5.41, 5.74) is 11.3. The van der Waals surface area contributed by atoms with E-state index in [-0.39, 0.29) is 6.04 Å². The van der Waals surface area contributed by atoms with Crippen molar-refractivity contribution in [1.82, 2.24) is 5.32 Å². The lowest BCUT2D eigenvalue weighted by atomic mass is 10.2. The summed E-state index contributed by atoms with van der Waals surface area (Å²) >= 11 is 0. The van der Waals surface area contributed by atoms with E-state index in [4.69, 9.17) is 11.5 Å². The van der Waals surface area contributed by atoms with Gasteiger partial charge in [0.1, 0.15) is 6.29 Å². The van der Waals surface area contributed by atoms with Gasteiger partial charge in [-0.2, -0.15) is 0 Å². The van der Waals surface area contributed by atoms with Crippen LogP contribution in [0.15, 0.2) is 11.9 Å². The summed E-state index contributed by atoms with van der Waals surface area (Å²) < 4.78 is 0. The summed E-state index contributed by atoms with van der Waals surface area (Å²) in [6.45, 7) is 2.37. The van der Waals surface area contributed by atoms with Crippen molar-refractivity contribution in [3.8, 4) is 0 Å². The van der Waals surface area contributed by atoms with Gasteiger partial charge < -0.3 is 21.6 Å². The van der Waals surface area contributed by atoms with E-state index in [1.807, 2.05) is 0 Å². The molecule has 0 aromatic carbocycles. The first kappa shape index (κ1) is 11.0. The highest BCUT2D eigenvalue weighted by molar-refractivity contribution is 5.57. The number of nitrogens with two attached hydrogens (primary N) is 2. The first-order valence-corrected chi connectivity index (χ1v) is 4.04. The SMILES string of the molecule is C/C(N)=C/N[C@H](C=O)CCCN. The van der Waals surface area contributed by atoms with Crippen molar-refractivity contribution in [2.45, 2.75) is 25.8 Å². The maximum atomic E-state index is 10.5. The molecule has 0 spiro atoms. The van der Waals surface area contributed by atoms with Crippen molar-refractivity contribution in [1.29, 1.82) is 0 Å². The fraction of sp³-hybridized carbons (Fsp3) is 0.625. The molecular formula is C8H17N3O. The van der Waals surface area contributed by atoms with Crippen LogP contribution in [0.25, 0.3) is 0 Å². The third-order valence-corrected chi connectivity index (χ3v) is 1.41. The fourth-order valence-electron chi connectivity index (χ4n) is 0.767. The van der Waals surface area contributed by atoms with Gasteiger partial charge in [0.25, 0.3) is 0 Å². The second-order valence-electron chi connectivity index (χ2n) is 2.73. The maximum absolute atomic E-state index is 10.5. The zero-order chi connectivity index (χ0) is 9.40. The monoisotopic (exact) mass is 171 g/mol. The van der Waals surface area contributed by atoms with Gasteiger partial charge in [-0.25, -0.2) is 0 Å². The number of nitrogens with one attached hydrogen (secondary N) is 1. The van der Waals surface area contributed by atoms with Crippen LogP contribution in [0, 0.1) is 0 Å². The lowest BCUT2D eigenvalue weighted by Gasteiger charge is -2.09. The van der Waals surface area contributed by atoms with Crippen molar-refractivity contribution < 1.29 is 4.79 Å². The lowest BCUT2D eigenvalue weighted by Crippen LogP contribution is -2.27. The Morgan fingerprint density at radius 2 is 2.33 bits per heavy atom. The Hall–Kier alpha value is -1.03. The molecule has 1 atom stereocenters. The van der Waals surface area contributed by atoms with Crippen molar-refractivity contribution in [3.05, 3.63) is 11.9 Å². The summed E-state index contributed by atoms with van der Waals surface area (Å²) in [4.78, 5) is 10.5. The Kier molecular flexibility index (Phi) is 6.09. The van der Waals surface area contributed by atoms with Crippen LogP contribution in [-0.2, 0) is 4.79 Å². The minimum absolute atomic E-state index is 0.160. The summed E-state index contributed by atoms with van der Waals surface area (Å²) in [5, 5.41) is 2.89. The van der Waals surface area contributed by atoms with Crippen molar-refractivity contribution in [2.24, 2.45) is 11.5 Å². The molecule has 0 heterocycles. The van der Waals surface area contributed by atoms with Crippen molar-refractivity contribution >= 4 is 6.29 Å². The molecule has 0 unspecified atom stereocenters. The first-order valence-electron chi connectivity index (χ1n) is 4.04. The fourth-order valence-corrected chi connectivity index (χ4v) is 0.767. The van der Waals surface area contributed by atoms with Gasteiger partial charge in [0.05, 0.1) is 6.04 Å². The number of hydrogen-bond acceptors (Lipinski definition) is 4. The van der Waals surface area contributed by atoms with E-state index in [0.29, 0.717) is 12.2 Å². The highest BCUT2D eigenvalue weighted by Gasteiger charge is 2.02. The second kappa shape index (κ2) is 6.67. The minimum atomic E-state index is -0.160. The summed E-state index contributed by atoms with van der Waals surface area (Å²) in [5.74, 6) is 0. The Morgan fingerprint density at radius 3 is 2.75 bits per heavy atom. The smallest absolute Gasteiger partial charge is 0.142 e. The number of hydrogen-bond donors (Lipinski definition) is 3. The van der Waals surface area contributed by atoms with Gasteiger partial charge in [-0.1, -0.05) is 0 Å².